The molecule has 24 heavy (non-hydrogen) atoms. The molecule has 126 valence electrons. The molecule has 0 amide bonds. The van der Waals surface area contributed by atoms with E-state index in [2.05, 4.69) is 11.1 Å². The van der Waals surface area contributed by atoms with Gasteiger partial charge in [0.15, 0.2) is 6.61 Å². The van der Waals surface area contributed by atoms with E-state index >= 15 is 0 Å². The van der Waals surface area contributed by atoms with Crippen LogP contribution in [0.2, 0.25) is 5.02 Å². The molecule has 1 aromatic heterocycles. The highest BCUT2D eigenvalue weighted by atomic mass is 35.5. The van der Waals surface area contributed by atoms with E-state index in [4.69, 9.17) is 25.5 Å². The molecule has 0 N–H and O–H groups in total. The Labute approximate surface area is 145 Å². The van der Waals surface area contributed by atoms with Crippen LogP contribution in [0.5, 0.6) is 5.75 Å². The zero-order valence-electron chi connectivity index (χ0n) is 13.5. The first-order valence-electron chi connectivity index (χ1n) is 7.73. The number of rotatable bonds is 4. The SMILES string of the molecule is CC1CN(c2oc(COc3cccc(Cl)c3)nc2C#N)CC(C)O1. The smallest absolute Gasteiger partial charge is 0.236 e. The number of halogens is 1. The summed E-state index contributed by atoms with van der Waals surface area (Å²) in [7, 11) is 0. The maximum Gasteiger partial charge on any atom is 0.236 e. The molecule has 0 bridgehead atoms. The molecule has 0 saturated carbocycles. The van der Waals surface area contributed by atoms with Crippen molar-refractivity contribution in [3.63, 3.8) is 0 Å². The van der Waals surface area contributed by atoms with Crippen LogP contribution in [0.15, 0.2) is 28.7 Å². The summed E-state index contributed by atoms with van der Waals surface area (Å²) in [5, 5.41) is 9.92. The van der Waals surface area contributed by atoms with E-state index in [1.54, 1.807) is 24.3 Å². The van der Waals surface area contributed by atoms with Crippen LogP contribution in [0.3, 0.4) is 0 Å². The van der Waals surface area contributed by atoms with Crippen LogP contribution in [0.25, 0.3) is 0 Å². The highest BCUT2D eigenvalue weighted by Crippen LogP contribution is 2.26. The lowest BCUT2D eigenvalue weighted by molar-refractivity contribution is -0.00651. The van der Waals surface area contributed by atoms with Crippen LogP contribution in [0, 0.1) is 11.3 Å². The van der Waals surface area contributed by atoms with E-state index in [1.165, 1.54) is 0 Å². The Balaban J connectivity index is 1.74. The highest BCUT2D eigenvalue weighted by molar-refractivity contribution is 6.30. The Kier molecular flexibility index (Phi) is 4.93. The molecule has 2 unspecified atom stereocenters. The van der Waals surface area contributed by atoms with Gasteiger partial charge in [0, 0.05) is 18.1 Å². The summed E-state index contributed by atoms with van der Waals surface area (Å²) >= 11 is 5.93. The summed E-state index contributed by atoms with van der Waals surface area (Å²) in [5.74, 6) is 1.45. The summed E-state index contributed by atoms with van der Waals surface area (Å²) in [5.41, 5.74) is 0.265. The normalized spacial score (nSPS) is 20.7. The Hall–Kier alpha value is -2.23. The third kappa shape index (κ3) is 3.81. The van der Waals surface area contributed by atoms with E-state index < -0.39 is 0 Å². The second-order valence-electron chi connectivity index (χ2n) is 5.78. The first-order chi connectivity index (χ1) is 11.5. The number of anilines is 1. The number of nitriles is 1. The number of hydrogen-bond donors (Lipinski definition) is 0. The molecular weight excluding hydrogens is 330 g/mol. The summed E-state index contributed by atoms with van der Waals surface area (Å²) in [4.78, 5) is 6.22. The van der Waals surface area contributed by atoms with Crippen LogP contribution < -0.4 is 9.64 Å². The summed E-state index contributed by atoms with van der Waals surface area (Å²) in [6, 6.07) is 9.17. The molecule has 2 heterocycles. The van der Waals surface area contributed by atoms with Crippen molar-refractivity contribution in [3.05, 3.63) is 40.9 Å². The Morgan fingerprint density at radius 3 is 2.79 bits per heavy atom. The summed E-state index contributed by atoms with van der Waals surface area (Å²) in [6.07, 6.45) is 0.133. The molecule has 1 aromatic carbocycles. The molecule has 1 aliphatic rings. The zero-order valence-corrected chi connectivity index (χ0v) is 14.3. The van der Waals surface area contributed by atoms with Gasteiger partial charge in [-0.2, -0.15) is 10.2 Å². The molecule has 0 radical (unpaired) electrons. The first kappa shape index (κ1) is 16.6. The van der Waals surface area contributed by atoms with Gasteiger partial charge in [0.05, 0.1) is 12.2 Å². The standard InChI is InChI=1S/C17H18ClN3O3/c1-11-8-21(9-12(2)23-11)17-15(7-19)20-16(24-17)10-22-14-5-3-4-13(18)6-14/h3-6,11-12H,8-10H2,1-2H3. The molecule has 2 aromatic rings. The van der Waals surface area contributed by atoms with Crippen LogP contribution >= 0.6 is 11.6 Å². The molecule has 6 nitrogen and oxygen atoms in total. The molecule has 1 saturated heterocycles. The second-order valence-corrected chi connectivity index (χ2v) is 6.22. The van der Waals surface area contributed by atoms with Gasteiger partial charge in [-0.25, -0.2) is 0 Å². The minimum absolute atomic E-state index is 0.0663. The van der Waals surface area contributed by atoms with Crippen molar-refractivity contribution in [2.24, 2.45) is 0 Å². The van der Waals surface area contributed by atoms with Gasteiger partial charge < -0.3 is 18.8 Å². The molecule has 2 atom stereocenters. The van der Waals surface area contributed by atoms with E-state index in [9.17, 15) is 5.26 Å². The molecule has 1 aliphatic heterocycles. The van der Waals surface area contributed by atoms with E-state index in [1.807, 2.05) is 18.7 Å². The molecule has 0 spiro atoms. The van der Waals surface area contributed by atoms with Crippen molar-refractivity contribution in [2.45, 2.75) is 32.7 Å². The van der Waals surface area contributed by atoms with Gasteiger partial charge >= 0.3 is 0 Å². The van der Waals surface area contributed by atoms with Crippen molar-refractivity contribution in [3.8, 4) is 11.8 Å². The quantitative estimate of drug-likeness (QED) is 0.844. The van der Waals surface area contributed by atoms with Crippen molar-refractivity contribution in [1.29, 1.82) is 5.26 Å². The fourth-order valence-corrected chi connectivity index (χ4v) is 2.93. The van der Waals surface area contributed by atoms with Crippen molar-refractivity contribution < 1.29 is 13.9 Å². The molecule has 7 heteroatoms. The van der Waals surface area contributed by atoms with Gasteiger partial charge in [-0.1, -0.05) is 17.7 Å². The van der Waals surface area contributed by atoms with Gasteiger partial charge in [-0.3, -0.25) is 0 Å². The van der Waals surface area contributed by atoms with Crippen LogP contribution in [0.1, 0.15) is 25.4 Å². The number of nitrogens with zero attached hydrogens (tertiary/aromatic N) is 3. The molecular formula is C17H18ClN3O3. The minimum atomic E-state index is 0.0663. The lowest BCUT2D eigenvalue weighted by Gasteiger charge is -2.34. The van der Waals surface area contributed by atoms with Crippen molar-refractivity contribution >= 4 is 17.5 Å². The number of benzene rings is 1. The average Bonchev–Trinajstić information content (AvgIpc) is 2.95. The second kappa shape index (κ2) is 7.12. The topological polar surface area (TPSA) is 71.5 Å². The lowest BCUT2D eigenvalue weighted by Crippen LogP contribution is -2.45. The third-order valence-electron chi connectivity index (χ3n) is 3.62. The van der Waals surface area contributed by atoms with E-state index in [0.717, 1.165) is 0 Å². The predicted molar refractivity (Wildman–Crippen MR) is 89.2 cm³/mol. The average molecular weight is 348 g/mol. The predicted octanol–water partition coefficient (Wildman–Crippen LogP) is 3.39. The van der Waals surface area contributed by atoms with Crippen molar-refractivity contribution in [2.75, 3.05) is 18.0 Å². The first-order valence-corrected chi connectivity index (χ1v) is 8.11. The van der Waals surface area contributed by atoms with E-state index in [0.29, 0.717) is 35.6 Å². The van der Waals surface area contributed by atoms with Crippen LogP contribution in [-0.2, 0) is 11.3 Å². The zero-order chi connectivity index (χ0) is 17.1. The molecule has 3 rings (SSSR count). The fraction of sp³-hybridized carbons (Fsp3) is 0.412. The van der Waals surface area contributed by atoms with Crippen LogP contribution in [0.4, 0.5) is 5.88 Å². The lowest BCUT2D eigenvalue weighted by atomic mass is 10.2. The summed E-state index contributed by atoms with van der Waals surface area (Å²) < 4.78 is 17.1. The van der Waals surface area contributed by atoms with E-state index in [-0.39, 0.29) is 24.5 Å². The molecule has 0 aliphatic carbocycles. The largest absolute Gasteiger partial charge is 0.484 e. The number of morpholine rings is 1. The van der Waals surface area contributed by atoms with Gasteiger partial charge in [0.25, 0.3) is 0 Å². The Bertz CT molecular complexity index is 746. The number of ether oxygens (including phenoxy) is 2. The van der Waals surface area contributed by atoms with Gasteiger partial charge in [0.1, 0.15) is 11.8 Å². The Morgan fingerprint density at radius 2 is 2.12 bits per heavy atom. The van der Waals surface area contributed by atoms with Gasteiger partial charge in [-0.05, 0) is 32.0 Å². The van der Waals surface area contributed by atoms with Crippen LogP contribution in [-0.4, -0.2) is 30.3 Å². The molecule has 1 fully saturated rings. The number of hydrogen-bond acceptors (Lipinski definition) is 6. The monoisotopic (exact) mass is 347 g/mol. The summed E-state index contributed by atoms with van der Waals surface area (Å²) in [6.45, 7) is 5.43. The number of oxazole rings is 1. The fourth-order valence-electron chi connectivity index (χ4n) is 2.75. The Morgan fingerprint density at radius 1 is 1.38 bits per heavy atom. The third-order valence-corrected chi connectivity index (χ3v) is 3.86. The van der Waals surface area contributed by atoms with Gasteiger partial charge in [-0.15, -0.1) is 0 Å². The van der Waals surface area contributed by atoms with Gasteiger partial charge in [0.2, 0.25) is 17.5 Å². The minimum Gasteiger partial charge on any atom is -0.484 e. The number of aromatic nitrogens is 1. The van der Waals surface area contributed by atoms with Crippen molar-refractivity contribution in [1.82, 2.24) is 4.98 Å². The highest BCUT2D eigenvalue weighted by Gasteiger charge is 2.28. The maximum atomic E-state index is 9.33. The maximum absolute atomic E-state index is 9.33.